The molecule has 116 valence electrons. The Morgan fingerprint density at radius 1 is 1.29 bits per heavy atom. The van der Waals surface area contributed by atoms with E-state index in [0.717, 1.165) is 0 Å². The Labute approximate surface area is 133 Å². The van der Waals surface area contributed by atoms with Crippen molar-refractivity contribution < 1.29 is 14.7 Å². The van der Waals surface area contributed by atoms with E-state index in [1.54, 1.807) is 43.9 Å². The van der Waals surface area contributed by atoms with Crippen molar-refractivity contribution in [1.29, 1.82) is 0 Å². The fourth-order valence-electron chi connectivity index (χ4n) is 1.81. The zero-order chi connectivity index (χ0) is 16.2. The second-order valence-electron chi connectivity index (χ2n) is 5.02. The lowest BCUT2D eigenvalue weighted by Crippen LogP contribution is -2.52. The van der Waals surface area contributed by atoms with Crippen molar-refractivity contribution in [3.8, 4) is 0 Å². The number of benzene rings is 1. The molecule has 1 rings (SSSR count). The zero-order valence-corrected chi connectivity index (χ0v) is 13.6. The topological polar surface area (TPSA) is 69.6 Å². The number of hydrogen-bond acceptors (Lipinski definition) is 3. The highest BCUT2D eigenvalue weighted by Gasteiger charge is 2.34. The first kappa shape index (κ1) is 17.8. The van der Waals surface area contributed by atoms with Gasteiger partial charge in [-0.2, -0.15) is 0 Å². The second kappa shape index (κ2) is 7.11. The van der Waals surface area contributed by atoms with Crippen LogP contribution in [0.2, 0.25) is 10.0 Å². The number of carbonyl (C=O) groups is 2. The first-order valence-corrected chi connectivity index (χ1v) is 7.18. The van der Waals surface area contributed by atoms with E-state index in [1.165, 1.54) is 0 Å². The van der Waals surface area contributed by atoms with Gasteiger partial charge in [-0.1, -0.05) is 36.2 Å². The van der Waals surface area contributed by atoms with E-state index in [-0.39, 0.29) is 12.5 Å². The molecule has 2 N–H and O–H groups in total. The van der Waals surface area contributed by atoms with Crippen LogP contribution in [0.3, 0.4) is 0 Å². The molecule has 21 heavy (non-hydrogen) atoms. The molecule has 0 atom stereocenters. The summed E-state index contributed by atoms with van der Waals surface area (Å²) in [5.41, 5.74) is -0.814. The molecule has 0 radical (unpaired) electrons. The molecule has 7 heteroatoms. The molecule has 1 aromatic carbocycles. The Morgan fingerprint density at radius 3 is 2.24 bits per heavy atom. The summed E-state index contributed by atoms with van der Waals surface area (Å²) < 4.78 is 0. The number of aliphatic carboxylic acids is 1. The molecule has 0 spiro atoms. The van der Waals surface area contributed by atoms with Gasteiger partial charge in [0, 0.05) is 0 Å². The Hall–Kier alpha value is -1.30. The summed E-state index contributed by atoms with van der Waals surface area (Å²) in [6, 6.07) is 4.90. The van der Waals surface area contributed by atoms with E-state index < -0.39 is 11.5 Å². The molecular formula is C14H18Cl2N2O3. The summed E-state index contributed by atoms with van der Waals surface area (Å²) in [4.78, 5) is 24.9. The van der Waals surface area contributed by atoms with E-state index in [0.29, 0.717) is 22.3 Å². The van der Waals surface area contributed by atoms with Gasteiger partial charge in [0.2, 0.25) is 5.91 Å². The van der Waals surface area contributed by atoms with Gasteiger partial charge in [0.05, 0.1) is 22.3 Å². The highest BCUT2D eigenvalue weighted by Crippen LogP contribution is 2.29. The van der Waals surface area contributed by atoms with Crippen LogP contribution in [0.1, 0.15) is 20.8 Å². The molecule has 0 aromatic heterocycles. The molecular weight excluding hydrogens is 315 g/mol. The lowest BCUT2D eigenvalue weighted by Gasteiger charge is -2.33. The van der Waals surface area contributed by atoms with Crippen LogP contribution in [0.25, 0.3) is 0 Å². The molecule has 0 unspecified atom stereocenters. The minimum atomic E-state index is -1.14. The molecule has 0 aliphatic heterocycles. The maximum Gasteiger partial charge on any atom is 0.323 e. The molecule has 0 aliphatic carbocycles. The van der Waals surface area contributed by atoms with Crippen molar-refractivity contribution in [2.45, 2.75) is 26.3 Å². The molecule has 0 saturated carbocycles. The fraction of sp³-hybridized carbons (Fsp3) is 0.429. The monoisotopic (exact) mass is 332 g/mol. The maximum absolute atomic E-state index is 12.1. The standard InChI is InChI=1S/C14H18Cl2N2O3/c1-4-18(14(2,3)13(20)21)8-11(19)17-12-9(15)6-5-7-10(12)16/h5-7H,4,8H2,1-3H3,(H,17,19)(H,20,21). The largest absolute Gasteiger partial charge is 0.480 e. The Morgan fingerprint density at radius 2 is 1.81 bits per heavy atom. The summed E-state index contributed by atoms with van der Waals surface area (Å²) >= 11 is 12.0. The van der Waals surface area contributed by atoms with E-state index in [9.17, 15) is 14.7 Å². The van der Waals surface area contributed by atoms with Gasteiger partial charge in [-0.15, -0.1) is 0 Å². The average Bonchev–Trinajstić information content (AvgIpc) is 2.40. The van der Waals surface area contributed by atoms with Gasteiger partial charge in [0.15, 0.2) is 0 Å². The summed E-state index contributed by atoms with van der Waals surface area (Å²) in [6.45, 7) is 5.24. The van der Waals surface area contributed by atoms with Crippen LogP contribution in [-0.4, -0.2) is 40.5 Å². The number of halogens is 2. The van der Waals surface area contributed by atoms with Gasteiger partial charge in [-0.25, -0.2) is 0 Å². The van der Waals surface area contributed by atoms with Gasteiger partial charge in [0.1, 0.15) is 5.54 Å². The van der Waals surface area contributed by atoms with Crippen molar-refractivity contribution in [2.24, 2.45) is 0 Å². The van der Waals surface area contributed by atoms with Crippen LogP contribution in [0, 0.1) is 0 Å². The number of carbonyl (C=O) groups excluding carboxylic acids is 1. The zero-order valence-electron chi connectivity index (χ0n) is 12.1. The smallest absolute Gasteiger partial charge is 0.323 e. The lowest BCUT2D eigenvalue weighted by atomic mass is 10.0. The highest BCUT2D eigenvalue weighted by molar-refractivity contribution is 6.39. The van der Waals surface area contributed by atoms with Gasteiger partial charge in [-0.05, 0) is 32.5 Å². The van der Waals surface area contributed by atoms with E-state index in [4.69, 9.17) is 23.2 Å². The fourth-order valence-corrected chi connectivity index (χ4v) is 2.30. The number of anilines is 1. The van der Waals surface area contributed by atoms with Crippen molar-refractivity contribution in [3.05, 3.63) is 28.2 Å². The molecule has 0 saturated heterocycles. The van der Waals surface area contributed by atoms with Gasteiger partial charge >= 0.3 is 5.97 Å². The number of rotatable bonds is 6. The van der Waals surface area contributed by atoms with Crippen molar-refractivity contribution in [2.75, 3.05) is 18.4 Å². The third-order valence-electron chi connectivity index (χ3n) is 3.26. The maximum atomic E-state index is 12.1. The number of likely N-dealkylation sites (N-methyl/N-ethyl adjacent to an activating group) is 1. The Kier molecular flexibility index (Phi) is 6.01. The third kappa shape index (κ3) is 4.33. The van der Waals surface area contributed by atoms with Crippen LogP contribution < -0.4 is 5.32 Å². The van der Waals surface area contributed by atoms with Crippen LogP contribution in [0.4, 0.5) is 5.69 Å². The van der Waals surface area contributed by atoms with Gasteiger partial charge in [0.25, 0.3) is 0 Å². The quantitative estimate of drug-likeness (QED) is 0.839. The number of hydrogen-bond donors (Lipinski definition) is 2. The van der Waals surface area contributed by atoms with Crippen LogP contribution in [-0.2, 0) is 9.59 Å². The highest BCUT2D eigenvalue weighted by atomic mass is 35.5. The predicted molar refractivity (Wildman–Crippen MR) is 84.1 cm³/mol. The van der Waals surface area contributed by atoms with Crippen LogP contribution >= 0.6 is 23.2 Å². The normalized spacial score (nSPS) is 11.5. The number of amides is 1. The van der Waals surface area contributed by atoms with Gasteiger partial charge in [-0.3, -0.25) is 14.5 Å². The molecule has 5 nitrogen and oxygen atoms in total. The minimum Gasteiger partial charge on any atom is -0.480 e. The van der Waals surface area contributed by atoms with Crippen molar-refractivity contribution >= 4 is 40.8 Å². The van der Waals surface area contributed by atoms with E-state index >= 15 is 0 Å². The van der Waals surface area contributed by atoms with Crippen LogP contribution in [0.5, 0.6) is 0 Å². The number of nitrogens with zero attached hydrogens (tertiary/aromatic N) is 1. The number of nitrogens with one attached hydrogen (secondary N) is 1. The predicted octanol–water partition coefficient (Wildman–Crippen LogP) is 3.12. The molecule has 1 aromatic rings. The van der Waals surface area contributed by atoms with E-state index in [1.807, 2.05) is 0 Å². The minimum absolute atomic E-state index is 0.0721. The molecule has 0 heterocycles. The summed E-state index contributed by atoms with van der Waals surface area (Å²) in [6.07, 6.45) is 0. The number of para-hydroxylation sites is 1. The Bertz CT molecular complexity index is 527. The number of carboxylic acid groups (broad SMARTS) is 1. The van der Waals surface area contributed by atoms with Crippen molar-refractivity contribution in [1.82, 2.24) is 4.90 Å². The first-order valence-electron chi connectivity index (χ1n) is 6.42. The summed E-state index contributed by atoms with van der Waals surface area (Å²) in [5, 5.41) is 12.5. The average molecular weight is 333 g/mol. The SMILES string of the molecule is CCN(CC(=O)Nc1c(Cl)cccc1Cl)C(C)(C)C(=O)O. The number of carboxylic acids is 1. The molecule has 0 bridgehead atoms. The van der Waals surface area contributed by atoms with Gasteiger partial charge < -0.3 is 10.4 Å². The van der Waals surface area contributed by atoms with Crippen molar-refractivity contribution in [3.63, 3.8) is 0 Å². The Balaban J connectivity index is 2.83. The molecule has 0 aliphatic rings. The summed E-state index contributed by atoms with van der Waals surface area (Å²) in [7, 11) is 0. The molecule has 0 fully saturated rings. The second-order valence-corrected chi connectivity index (χ2v) is 5.84. The van der Waals surface area contributed by atoms with E-state index in [2.05, 4.69) is 5.32 Å². The first-order chi connectivity index (χ1) is 9.70. The molecule has 1 amide bonds. The van der Waals surface area contributed by atoms with Crippen LogP contribution in [0.15, 0.2) is 18.2 Å². The third-order valence-corrected chi connectivity index (χ3v) is 3.89. The summed E-state index contributed by atoms with van der Waals surface area (Å²) in [5.74, 6) is -1.37. The lowest BCUT2D eigenvalue weighted by molar-refractivity contribution is -0.149.